The van der Waals surface area contributed by atoms with Gasteiger partial charge in [0.15, 0.2) is 10.5 Å². The van der Waals surface area contributed by atoms with Crippen LogP contribution in [0.4, 0.5) is 18.9 Å². The molecule has 0 radical (unpaired) electrons. The van der Waals surface area contributed by atoms with Gasteiger partial charge in [-0.1, -0.05) is 47.2 Å². The third-order valence-electron chi connectivity index (χ3n) is 5.49. The summed E-state index contributed by atoms with van der Waals surface area (Å²) in [5.41, 5.74) is -0.801. The maximum atomic E-state index is 14.1. The fourth-order valence-corrected chi connectivity index (χ4v) is 4.95. The van der Waals surface area contributed by atoms with Crippen molar-refractivity contribution in [3.8, 4) is 0 Å². The normalized spacial score (nSPS) is 16.0. The number of hydrogen-bond acceptors (Lipinski definition) is 6. The number of halogens is 4. The highest BCUT2D eigenvalue weighted by Gasteiger charge is 2.45. The number of thiazole rings is 1. The summed E-state index contributed by atoms with van der Waals surface area (Å²) in [5.74, 6) is -1.19. The molecule has 1 aliphatic heterocycles. The second-order valence-corrected chi connectivity index (χ2v) is 9.55. The lowest BCUT2D eigenvalue weighted by molar-refractivity contribution is -0.140. The summed E-state index contributed by atoms with van der Waals surface area (Å²) in [6.45, 7) is 1.34. The number of ether oxygens (including phenoxy) is 1. The Kier molecular flexibility index (Phi) is 7.10. The van der Waals surface area contributed by atoms with Crippen LogP contribution in [0.1, 0.15) is 24.1 Å². The van der Waals surface area contributed by atoms with Crippen molar-refractivity contribution in [2.45, 2.75) is 19.1 Å². The van der Waals surface area contributed by atoms with Gasteiger partial charge >= 0.3 is 12.1 Å². The smallest absolute Gasteiger partial charge is 0.434 e. The Balaban J connectivity index is 1.99. The van der Waals surface area contributed by atoms with E-state index in [1.165, 1.54) is 31.2 Å². The summed E-state index contributed by atoms with van der Waals surface area (Å²) in [4.78, 5) is 31.8. The molecule has 11 heteroatoms. The second kappa shape index (κ2) is 9.94. The Bertz CT molecular complexity index is 1510. The first kappa shape index (κ1) is 25.7. The molecule has 0 unspecified atom stereocenters. The predicted molar refractivity (Wildman–Crippen MR) is 133 cm³/mol. The lowest BCUT2D eigenvalue weighted by atomic mass is 9.95. The number of nitrogens with zero attached hydrogens (tertiary/aromatic N) is 3. The van der Waals surface area contributed by atoms with E-state index < -0.39 is 35.0 Å². The molecule has 0 saturated heterocycles. The molecular weight excluding hydrogens is 515 g/mol. The highest BCUT2D eigenvalue weighted by atomic mass is 35.5. The third-order valence-corrected chi connectivity index (χ3v) is 6.72. The van der Waals surface area contributed by atoms with Gasteiger partial charge in [0.05, 0.1) is 22.8 Å². The van der Waals surface area contributed by atoms with Crippen LogP contribution in [0.2, 0.25) is 5.02 Å². The summed E-state index contributed by atoms with van der Waals surface area (Å²) in [6.07, 6.45) is -3.37. The van der Waals surface area contributed by atoms with E-state index in [0.717, 1.165) is 21.6 Å². The maximum Gasteiger partial charge on any atom is 0.434 e. The SMILES string of the molecule is CCOC(=O)C1=C(C(F)(F)F)N=c2s/c(=C\c3ccc(N(C)C)cc3)c(=O)n2[C@@H]1c1ccc(Cl)cc1. The zero-order valence-electron chi connectivity index (χ0n) is 19.5. The first-order chi connectivity index (χ1) is 17.0. The molecule has 0 bridgehead atoms. The van der Waals surface area contributed by atoms with E-state index in [-0.39, 0.29) is 21.5 Å². The molecule has 1 atom stereocenters. The third kappa shape index (κ3) is 4.96. The minimum absolute atomic E-state index is 0.145. The van der Waals surface area contributed by atoms with E-state index in [2.05, 4.69) is 4.99 Å². The van der Waals surface area contributed by atoms with E-state index in [4.69, 9.17) is 16.3 Å². The van der Waals surface area contributed by atoms with E-state index in [1.807, 2.05) is 31.1 Å². The largest absolute Gasteiger partial charge is 0.463 e. The minimum atomic E-state index is -4.95. The van der Waals surface area contributed by atoms with Gasteiger partial charge in [-0.05, 0) is 48.4 Å². The van der Waals surface area contributed by atoms with Gasteiger partial charge in [0.1, 0.15) is 0 Å². The van der Waals surface area contributed by atoms with Gasteiger partial charge in [-0.3, -0.25) is 9.36 Å². The van der Waals surface area contributed by atoms with Crippen molar-refractivity contribution in [2.24, 2.45) is 4.99 Å². The van der Waals surface area contributed by atoms with E-state index in [1.54, 1.807) is 18.2 Å². The van der Waals surface area contributed by atoms with Crippen LogP contribution < -0.4 is 19.8 Å². The van der Waals surface area contributed by atoms with Crippen LogP contribution >= 0.6 is 22.9 Å². The van der Waals surface area contributed by atoms with Crippen LogP contribution in [0.15, 0.2) is 69.6 Å². The number of benzene rings is 2. The summed E-state index contributed by atoms with van der Waals surface area (Å²) >= 11 is 6.80. The average molecular weight is 536 g/mol. The van der Waals surface area contributed by atoms with Crippen molar-refractivity contribution in [1.82, 2.24) is 4.57 Å². The molecule has 0 saturated carbocycles. The molecule has 0 N–H and O–H groups in total. The van der Waals surface area contributed by atoms with Gasteiger partial charge in [0.2, 0.25) is 0 Å². The predicted octanol–water partition coefficient (Wildman–Crippen LogP) is 4.06. The quantitative estimate of drug-likeness (QED) is 0.462. The molecule has 0 amide bonds. The number of anilines is 1. The second-order valence-electron chi connectivity index (χ2n) is 8.10. The van der Waals surface area contributed by atoms with Gasteiger partial charge in [0, 0.05) is 24.8 Å². The molecule has 1 aliphatic rings. The Labute approximate surface area is 213 Å². The molecule has 3 aromatic rings. The summed E-state index contributed by atoms with van der Waals surface area (Å²) in [5, 5.41) is 0.352. The zero-order valence-corrected chi connectivity index (χ0v) is 21.0. The lowest BCUT2D eigenvalue weighted by Crippen LogP contribution is -2.41. The number of carbonyl (C=O) groups is 1. The Morgan fingerprint density at radius 1 is 1.17 bits per heavy atom. The van der Waals surface area contributed by atoms with E-state index in [0.29, 0.717) is 10.6 Å². The highest BCUT2D eigenvalue weighted by Crippen LogP contribution is 2.38. The molecule has 6 nitrogen and oxygen atoms in total. The van der Waals surface area contributed by atoms with Crippen LogP contribution in [0, 0.1) is 0 Å². The Morgan fingerprint density at radius 2 is 1.81 bits per heavy atom. The highest BCUT2D eigenvalue weighted by molar-refractivity contribution is 7.07. The van der Waals surface area contributed by atoms with Crippen LogP contribution in [-0.4, -0.2) is 37.4 Å². The van der Waals surface area contributed by atoms with Crippen molar-refractivity contribution >= 4 is 40.7 Å². The molecule has 36 heavy (non-hydrogen) atoms. The molecular formula is C25H21ClF3N3O3S. The molecule has 1 aromatic heterocycles. The average Bonchev–Trinajstić information content (AvgIpc) is 3.13. The number of hydrogen-bond donors (Lipinski definition) is 0. The fourth-order valence-electron chi connectivity index (χ4n) is 3.82. The van der Waals surface area contributed by atoms with Gasteiger partial charge < -0.3 is 9.64 Å². The number of esters is 1. The summed E-state index contributed by atoms with van der Waals surface area (Å²) in [6, 6.07) is 11.8. The number of allylic oxidation sites excluding steroid dienone is 1. The molecule has 2 aromatic carbocycles. The van der Waals surface area contributed by atoms with Crippen LogP contribution in [-0.2, 0) is 9.53 Å². The first-order valence-electron chi connectivity index (χ1n) is 10.8. The van der Waals surface area contributed by atoms with Crippen molar-refractivity contribution in [3.63, 3.8) is 0 Å². The van der Waals surface area contributed by atoms with Crippen molar-refractivity contribution in [2.75, 3.05) is 25.6 Å². The number of alkyl halides is 3. The van der Waals surface area contributed by atoms with Crippen LogP contribution in [0.25, 0.3) is 6.08 Å². The summed E-state index contributed by atoms with van der Waals surface area (Å²) < 4.78 is 48.6. The molecule has 4 rings (SSSR count). The van der Waals surface area contributed by atoms with E-state index in [9.17, 15) is 22.8 Å². The van der Waals surface area contributed by atoms with Crippen molar-refractivity contribution < 1.29 is 22.7 Å². The Hall–Kier alpha value is -3.37. The maximum absolute atomic E-state index is 14.1. The number of aromatic nitrogens is 1. The van der Waals surface area contributed by atoms with Crippen LogP contribution in [0.5, 0.6) is 0 Å². The van der Waals surface area contributed by atoms with E-state index >= 15 is 0 Å². The van der Waals surface area contributed by atoms with Gasteiger partial charge in [-0.2, -0.15) is 13.2 Å². The summed E-state index contributed by atoms with van der Waals surface area (Å²) in [7, 11) is 3.78. The Morgan fingerprint density at radius 3 is 2.36 bits per heavy atom. The monoisotopic (exact) mass is 535 g/mol. The van der Waals surface area contributed by atoms with Gasteiger partial charge in [-0.25, -0.2) is 9.79 Å². The van der Waals surface area contributed by atoms with Crippen molar-refractivity contribution in [3.05, 3.63) is 95.6 Å². The van der Waals surface area contributed by atoms with Gasteiger partial charge in [-0.15, -0.1) is 0 Å². The number of fused-ring (bicyclic) bond motifs is 1. The van der Waals surface area contributed by atoms with Gasteiger partial charge in [0.25, 0.3) is 5.56 Å². The van der Waals surface area contributed by atoms with Crippen LogP contribution in [0.3, 0.4) is 0 Å². The fraction of sp³-hybridized carbons (Fsp3) is 0.240. The molecule has 0 spiro atoms. The first-order valence-corrected chi connectivity index (χ1v) is 12.0. The zero-order chi connectivity index (χ0) is 26.2. The number of rotatable bonds is 5. The molecule has 2 heterocycles. The van der Waals surface area contributed by atoms with Crippen molar-refractivity contribution in [1.29, 1.82) is 0 Å². The standard InChI is InChI=1S/C25H21ClF3N3O3S/c1-4-35-23(34)19-20(15-7-9-16(26)10-8-15)32-22(33)18(36-24(32)30-21(19)25(27,28)29)13-14-5-11-17(12-6-14)31(2)3/h5-13,20H,4H2,1-3H3/b18-13-/t20-/m1/s1. The molecule has 0 fully saturated rings. The number of carbonyl (C=O) groups excluding carboxylic acids is 1. The molecule has 188 valence electrons. The minimum Gasteiger partial charge on any atom is -0.463 e. The lowest BCUT2D eigenvalue weighted by Gasteiger charge is -2.26. The molecule has 0 aliphatic carbocycles. The topological polar surface area (TPSA) is 63.9 Å².